The van der Waals surface area contributed by atoms with Crippen LogP contribution in [0.25, 0.3) is 0 Å². The number of nitrogens with two attached hydrogens (primary N) is 1. The van der Waals surface area contributed by atoms with Crippen LogP contribution in [0.2, 0.25) is 0 Å². The summed E-state index contributed by atoms with van der Waals surface area (Å²) in [4.78, 5) is 15.0. The molecular formula is C10H15N3OS2. The zero-order chi connectivity index (χ0) is 11.4. The number of carbonyl (C=O) groups excluding carboxylic acids is 1. The predicted molar refractivity (Wildman–Crippen MR) is 69.2 cm³/mol. The van der Waals surface area contributed by atoms with Crippen molar-refractivity contribution in [2.24, 2.45) is 11.7 Å². The fraction of sp³-hybridized carbons (Fsp3) is 0.600. The Balaban J connectivity index is 1.81. The van der Waals surface area contributed by atoms with Crippen LogP contribution in [0.1, 0.15) is 23.3 Å². The number of primary amides is 1. The molecule has 0 bridgehead atoms. The molecule has 3 N–H and O–H groups in total. The average Bonchev–Trinajstić information content (AvgIpc) is 2.76. The molecule has 1 aromatic rings. The van der Waals surface area contributed by atoms with E-state index in [9.17, 15) is 4.79 Å². The van der Waals surface area contributed by atoms with E-state index in [0.29, 0.717) is 5.69 Å². The molecule has 1 aliphatic rings. The summed E-state index contributed by atoms with van der Waals surface area (Å²) in [5, 5.41) is 5.77. The summed E-state index contributed by atoms with van der Waals surface area (Å²) in [6.45, 7) is 0.951. The molecule has 0 unspecified atom stereocenters. The number of hydrogen-bond acceptors (Lipinski definition) is 5. The van der Waals surface area contributed by atoms with Crippen molar-refractivity contribution in [2.75, 3.05) is 23.4 Å². The van der Waals surface area contributed by atoms with Gasteiger partial charge in [0.2, 0.25) is 0 Å². The summed E-state index contributed by atoms with van der Waals surface area (Å²) in [7, 11) is 0. The van der Waals surface area contributed by atoms with E-state index in [1.54, 1.807) is 5.38 Å². The standard InChI is InChI=1S/C10H15N3OS2/c11-9(14)8-6-16-10(13-8)12-5-7-1-3-15-4-2-7/h6-7H,1-5H2,(H2,11,14)(H,12,13). The number of amides is 1. The van der Waals surface area contributed by atoms with Crippen molar-refractivity contribution in [3.8, 4) is 0 Å². The monoisotopic (exact) mass is 257 g/mol. The van der Waals surface area contributed by atoms with Crippen LogP contribution >= 0.6 is 23.1 Å². The van der Waals surface area contributed by atoms with Crippen LogP contribution in [-0.2, 0) is 0 Å². The third-order valence-corrected chi connectivity index (χ3v) is 4.49. The molecule has 6 heteroatoms. The van der Waals surface area contributed by atoms with Gasteiger partial charge in [0.1, 0.15) is 5.69 Å². The Hall–Kier alpha value is -0.750. The van der Waals surface area contributed by atoms with Gasteiger partial charge in [-0.25, -0.2) is 4.98 Å². The molecule has 1 saturated heterocycles. The number of anilines is 1. The minimum Gasteiger partial charge on any atom is -0.364 e. The highest BCUT2D eigenvalue weighted by atomic mass is 32.2. The van der Waals surface area contributed by atoms with E-state index in [1.165, 1.54) is 35.7 Å². The first kappa shape index (κ1) is 11.7. The Morgan fingerprint density at radius 3 is 2.94 bits per heavy atom. The number of thioether (sulfide) groups is 1. The molecule has 0 aromatic carbocycles. The van der Waals surface area contributed by atoms with Gasteiger partial charge in [-0.1, -0.05) is 0 Å². The topological polar surface area (TPSA) is 68.0 Å². The first-order valence-corrected chi connectivity index (χ1v) is 7.36. The molecule has 1 aliphatic heterocycles. The molecular weight excluding hydrogens is 242 g/mol. The lowest BCUT2D eigenvalue weighted by molar-refractivity contribution is 0.0996. The maximum absolute atomic E-state index is 10.9. The van der Waals surface area contributed by atoms with Crippen LogP contribution in [0.4, 0.5) is 5.13 Å². The van der Waals surface area contributed by atoms with Crippen molar-refractivity contribution in [3.05, 3.63) is 11.1 Å². The third-order valence-electron chi connectivity index (χ3n) is 2.64. The molecule has 1 fully saturated rings. The number of nitrogens with zero attached hydrogens (tertiary/aromatic N) is 1. The number of rotatable bonds is 4. The van der Waals surface area contributed by atoms with Crippen molar-refractivity contribution >= 4 is 34.1 Å². The number of nitrogens with one attached hydrogen (secondary N) is 1. The molecule has 2 heterocycles. The van der Waals surface area contributed by atoms with Crippen LogP contribution in [0.3, 0.4) is 0 Å². The Morgan fingerprint density at radius 2 is 2.31 bits per heavy atom. The molecule has 0 aliphatic carbocycles. The largest absolute Gasteiger partial charge is 0.364 e. The molecule has 4 nitrogen and oxygen atoms in total. The van der Waals surface area contributed by atoms with E-state index in [1.807, 2.05) is 11.8 Å². The van der Waals surface area contributed by atoms with Gasteiger partial charge in [-0.2, -0.15) is 11.8 Å². The highest BCUT2D eigenvalue weighted by Gasteiger charge is 2.14. The van der Waals surface area contributed by atoms with Gasteiger partial charge in [0, 0.05) is 11.9 Å². The van der Waals surface area contributed by atoms with Gasteiger partial charge in [0.15, 0.2) is 5.13 Å². The van der Waals surface area contributed by atoms with Crippen LogP contribution in [-0.4, -0.2) is 28.9 Å². The molecule has 0 atom stereocenters. The van der Waals surface area contributed by atoms with Crippen LogP contribution in [0, 0.1) is 5.92 Å². The summed E-state index contributed by atoms with van der Waals surface area (Å²) in [6.07, 6.45) is 2.54. The van der Waals surface area contributed by atoms with Gasteiger partial charge >= 0.3 is 0 Å². The summed E-state index contributed by atoms with van der Waals surface area (Å²) < 4.78 is 0. The summed E-state index contributed by atoms with van der Waals surface area (Å²) in [5.74, 6) is 2.80. The normalized spacial score (nSPS) is 17.2. The van der Waals surface area contributed by atoms with Gasteiger partial charge in [0.25, 0.3) is 5.91 Å². The van der Waals surface area contributed by atoms with Crippen molar-refractivity contribution in [2.45, 2.75) is 12.8 Å². The van der Waals surface area contributed by atoms with Gasteiger partial charge in [0.05, 0.1) is 0 Å². The second-order valence-corrected chi connectivity index (χ2v) is 5.92. The van der Waals surface area contributed by atoms with Crippen molar-refractivity contribution < 1.29 is 4.79 Å². The summed E-state index contributed by atoms with van der Waals surface area (Å²) >= 11 is 3.46. The highest BCUT2D eigenvalue weighted by Crippen LogP contribution is 2.23. The van der Waals surface area contributed by atoms with E-state index in [-0.39, 0.29) is 0 Å². The van der Waals surface area contributed by atoms with E-state index >= 15 is 0 Å². The fourth-order valence-electron chi connectivity index (χ4n) is 1.65. The lowest BCUT2D eigenvalue weighted by Gasteiger charge is -2.21. The van der Waals surface area contributed by atoms with Crippen molar-refractivity contribution in [1.82, 2.24) is 4.98 Å². The van der Waals surface area contributed by atoms with Gasteiger partial charge in [-0.15, -0.1) is 11.3 Å². The van der Waals surface area contributed by atoms with E-state index in [2.05, 4.69) is 10.3 Å². The number of aromatic nitrogens is 1. The maximum atomic E-state index is 10.9. The Bertz CT molecular complexity index is 361. The summed E-state index contributed by atoms with van der Waals surface area (Å²) in [5.41, 5.74) is 5.49. The molecule has 16 heavy (non-hydrogen) atoms. The molecule has 0 saturated carbocycles. The smallest absolute Gasteiger partial charge is 0.268 e. The lowest BCUT2D eigenvalue weighted by Crippen LogP contribution is -2.19. The SMILES string of the molecule is NC(=O)c1csc(NCC2CCSCC2)n1. The summed E-state index contributed by atoms with van der Waals surface area (Å²) in [6, 6.07) is 0. The highest BCUT2D eigenvalue weighted by molar-refractivity contribution is 7.99. The first-order valence-electron chi connectivity index (χ1n) is 5.32. The lowest BCUT2D eigenvalue weighted by atomic mass is 10.0. The Kier molecular flexibility index (Phi) is 4.06. The van der Waals surface area contributed by atoms with Crippen LogP contribution in [0.15, 0.2) is 5.38 Å². The second-order valence-electron chi connectivity index (χ2n) is 3.84. The van der Waals surface area contributed by atoms with E-state index in [4.69, 9.17) is 5.73 Å². The molecule has 88 valence electrons. The number of hydrogen-bond donors (Lipinski definition) is 2. The van der Waals surface area contributed by atoms with Gasteiger partial charge in [-0.3, -0.25) is 4.79 Å². The minimum atomic E-state index is -0.460. The molecule has 0 radical (unpaired) electrons. The third kappa shape index (κ3) is 3.12. The number of carbonyl (C=O) groups is 1. The van der Waals surface area contributed by atoms with Crippen molar-refractivity contribution in [1.29, 1.82) is 0 Å². The Morgan fingerprint density at radius 1 is 1.56 bits per heavy atom. The van der Waals surface area contributed by atoms with E-state index < -0.39 is 5.91 Å². The van der Waals surface area contributed by atoms with E-state index in [0.717, 1.165) is 17.6 Å². The Labute approximate surface area is 103 Å². The molecule has 2 rings (SSSR count). The van der Waals surface area contributed by atoms with Gasteiger partial charge < -0.3 is 11.1 Å². The zero-order valence-corrected chi connectivity index (χ0v) is 10.6. The molecule has 0 spiro atoms. The average molecular weight is 257 g/mol. The fourth-order valence-corrected chi connectivity index (χ4v) is 3.56. The maximum Gasteiger partial charge on any atom is 0.268 e. The van der Waals surface area contributed by atoms with Crippen LogP contribution in [0.5, 0.6) is 0 Å². The number of thiazole rings is 1. The predicted octanol–water partition coefficient (Wildman–Crippen LogP) is 1.80. The van der Waals surface area contributed by atoms with Gasteiger partial charge in [-0.05, 0) is 30.3 Å². The molecule has 1 amide bonds. The first-order chi connectivity index (χ1) is 7.75. The minimum absolute atomic E-state index is 0.353. The quantitative estimate of drug-likeness (QED) is 0.863. The van der Waals surface area contributed by atoms with Crippen molar-refractivity contribution in [3.63, 3.8) is 0 Å². The second kappa shape index (κ2) is 5.54. The molecule has 1 aromatic heterocycles. The zero-order valence-electron chi connectivity index (χ0n) is 8.94. The van der Waals surface area contributed by atoms with Crippen LogP contribution < -0.4 is 11.1 Å².